The van der Waals surface area contributed by atoms with Crippen LogP contribution >= 0.6 is 11.3 Å². The van der Waals surface area contributed by atoms with Crippen molar-refractivity contribution in [1.82, 2.24) is 9.88 Å². The molecule has 1 unspecified atom stereocenters. The summed E-state index contributed by atoms with van der Waals surface area (Å²) in [5, 5.41) is 3.38. The lowest BCUT2D eigenvalue weighted by Crippen LogP contribution is -2.22. The number of amides is 1. The molecule has 1 N–H and O–H groups in total. The van der Waals surface area contributed by atoms with Crippen molar-refractivity contribution < 1.29 is 8.58 Å². The molecule has 1 fully saturated rings. The molecule has 17 heavy (non-hydrogen) atoms. The van der Waals surface area contributed by atoms with Crippen molar-refractivity contribution >= 4 is 39.0 Å². The third kappa shape index (κ3) is 3.76. The molecule has 0 saturated carbocycles. The maximum Gasteiger partial charge on any atom is 0.410 e. The molecule has 0 spiro atoms. The Morgan fingerprint density at radius 2 is 2.65 bits per heavy atom. The predicted octanol–water partition coefficient (Wildman–Crippen LogP) is 0.240. The molecule has 7 heteroatoms. The van der Waals surface area contributed by atoms with Gasteiger partial charge < -0.3 is 9.11 Å². The van der Waals surface area contributed by atoms with E-state index in [1.165, 1.54) is 11.8 Å². The first-order valence-electron chi connectivity index (χ1n) is 5.65. The fourth-order valence-corrected chi connectivity index (χ4v) is 3.23. The predicted molar refractivity (Wildman–Crippen MR) is 69.7 cm³/mol. The van der Waals surface area contributed by atoms with Gasteiger partial charge in [0.05, 0.1) is 0 Å². The van der Waals surface area contributed by atoms with Gasteiger partial charge >= 0.3 is 16.6 Å². The number of anilines is 1. The van der Waals surface area contributed by atoms with Crippen LogP contribution in [0.1, 0.15) is 18.2 Å². The summed E-state index contributed by atoms with van der Waals surface area (Å²) in [6, 6.07) is 0. The molecule has 1 aliphatic rings. The highest BCUT2D eigenvalue weighted by atomic mass is 32.1. The van der Waals surface area contributed by atoms with Gasteiger partial charge in [0.25, 0.3) is 0 Å². The first-order chi connectivity index (χ1) is 8.17. The van der Waals surface area contributed by atoms with Crippen LogP contribution in [0.25, 0.3) is 0 Å². The molecule has 1 saturated heterocycles. The summed E-state index contributed by atoms with van der Waals surface area (Å²) in [6.07, 6.45) is 3.38. The summed E-state index contributed by atoms with van der Waals surface area (Å²) < 4.78 is 5.46. The SMILES string of the molecule is CC(=O)Nc1ncc(CN2CCC([O][AlH2])C2)s1. The van der Waals surface area contributed by atoms with E-state index in [-0.39, 0.29) is 5.91 Å². The van der Waals surface area contributed by atoms with Gasteiger partial charge in [-0.25, -0.2) is 4.98 Å². The monoisotopic (exact) mass is 269 g/mol. The fourth-order valence-electron chi connectivity index (χ4n) is 1.94. The molecule has 1 aromatic heterocycles. The minimum absolute atomic E-state index is 0.0727. The smallest absolute Gasteiger partial charge is 0.410 e. The Hall–Kier alpha value is -0.448. The molecular weight excluding hydrogens is 253 g/mol. The highest BCUT2D eigenvalue weighted by molar-refractivity contribution is 7.15. The standard InChI is InChI=1S/C10H14N3O2S.Al.2H/c1-7(14)12-10-11-4-9(16-10)6-13-3-2-8(15)5-13;;;/h4,8H,2-3,5-6H2,1H3,(H,11,12,14);;;/q-1;+1;;. The Labute approximate surface area is 113 Å². The van der Waals surface area contributed by atoms with Crippen LogP contribution in [-0.4, -0.2) is 51.6 Å². The topological polar surface area (TPSA) is 54.5 Å². The number of rotatable bonds is 4. The van der Waals surface area contributed by atoms with Gasteiger partial charge in [0, 0.05) is 43.7 Å². The third-order valence-electron chi connectivity index (χ3n) is 2.78. The van der Waals surface area contributed by atoms with Crippen molar-refractivity contribution in [2.45, 2.75) is 26.0 Å². The van der Waals surface area contributed by atoms with E-state index >= 15 is 0 Å². The molecule has 2 heterocycles. The molecular formula is C10H16AlN3O2S. The number of aromatic nitrogens is 1. The van der Waals surface area contributed by atoms with Gasteiger partial charge in [-0.2, -0.15) is 0 Å². The molecule has 2 rings (SSSR count). The number of nitrogens with one attached hydrogen (secondary N) is 1. The van der Waals surface area contributed by atoms with Gasteiger partial charge in [-0.1, -0.05) is 0 Å². The summed E-state index contributed by atoms with van der Waals surface area (Å²) in [7, 11) is 0. The van der Waals surface area contributed by atoms with E-state index in [4.69, 9.17) is 3.79 Å². The minimum Gasteiger partial charge on any atom is -0.503 e. The second-order valence-electron chi connectivity index (χ2n) is 4.19. The normalized spacial score (nSPS) is 20.6. The van der Waals surface area contributed by atoms with Gasteiger partial charge in [0.15, 0.2) is 5.13 Å². The van der Waals surface area contributed by atoms with E-state index in [1.54, 1.807) is 11.3 Å². The summed E-state index contributed by atoms with van der Waals surface area (Å²) in [4.78, 5) is 18.6. The Morgan fingerprint density at radius 3 is 3.29 bits per heavy atom. The lowest BCUT2D eigenvalue weighted by Gasteiger charge is -2.14. The maximum absolute atomic E-state index is 10.9. The van der Waals surface area contributed by atoms with Crippen molar-refractivity contribution in [3.05, 3.63) is 11.1 Å². The number of carbonyl (C=O) groups excluding carboxylic acids is 1. The van der Waals surface area contributed by atoms with Crippen LogP contribution in [0.2, 0.25) is 0 Å². The van der Waals surface area contributed by atoms with E-state index in [0.717, 1.165) is 42.7 Å². The van der Waals surface area contributed by atoms with Crippen molar-refractivity contribution in [3.8, 4) is 0 Å². The van der Waals surface area contributed by atoms with Gasteiger partial charge in [0.1, 0.15) is 0 Å². The molecule has 0 bridgehead atoms. The average Bonchev–Trinajstić information content (AvgIpc) is 2.88. The van der Waals surface area contributed by atoms with E-state index < -0.39 is 0 Å². The van der Waals surface area contributed by atoms with Crippen LogP contribution in [0.5, 0.6) is 0 Å². The van der Waals surface area contributed by atoms with Crippen molar-refractivity contribution in [3.63, 3.8) is 0 Å². The lowest BCUT2D eigenvalue weighted by molar-refractivity contribution is -0.114. The number of thiazole rings is 1. The highest BCUT2D eigenvalue weighted by Gasteiger charge is 2.21. The molecule has 92 valence electrons. The van der Waals surface area contributed by atoms with Crippen molar-refractivity contribution in [2.24, 2.45) is 0 Å². The van der Waals surface area contributed by atoms with Crippen molar-refractivity contribution in [2.75, 3.05) is 18.4 Å². The van der Waals surface area contributed by atoms with Crippen LogP contribution in [0, 0.1) is 0 Å². The molecule has 1 atom stereocenters. The van der Waals surface area contributed by atoms with Crippen molar-refractivity contribution in [1.29, 1.82) is 0 Å². The minimum atomic E-state index is -0.0727. The zero-order chi connectivity index (χ0) is 12.3. The average molecular weight is 269 g/mol. The van der Waals surface area contributed by atoms with Crippen LogP contribution in [0.3, 0.4) is 0 Å². The summed E-state index contributed by atoms with van der Waals surface area (Å²) in [6.45, 7) is 4.49. The number of carbonyl (C=O) groups is 1. The lowest BCUT2D eigenvalue weighted by atomic mass is 10.3. The highest BCUT2D eigenvalue weighted by Crippen LogP contribution is 2.22. The largest absolute Gasteiger partial charge is 0.503 e. The first-order valence-corrected chi connectivity index (χ1v) is 7.28. The first kappa shape index (κ1) is 13.0. The Bertz CT molecular complexity index is 399. The Kier molecular flexibility index (Phi) is 4.54. The molecule has 1 aliphatic heterocycles. The molecule has 1 amide bonds. The maximum atomic E-state index is 10.9. The molecule has 0 aromatic carbocycles. The van der Waals surface area contributed by atoms with Crippen LogP contribution in [-0.2, 0) is 15.1 Å². The second kappa shape index (κ2) is 5.94. The Morgan fingerprint density at radius 1 is 1.82 bits per heavy atom. The fraction of sp³-hybridized carbons (Fsp3) is 0.600. The third-order valence-corrected chi connectivity index (χ3v) is 4.34. The van der Waals surface area contributed by atoms with Crippen LogP contribution < -0.4 is 5.32 Å². The van der Waals surface area contributed by atoms with E-state index in [0.29, 0.717) is 11.2 Å². The number of hydrogen-bond donors (Lipinski definition) is 1. The van der Waals surface area contributed by atoms with Gasteiger partial charge in [-0.05, 0) is 6.42 Å². The van der Waals surface area contributed by atoms with E-state index in [9.17, 15) is 4.79 Å². The van der Waals surface area contributed by atoms with E-state index in [2.05, 4.69) is 15.2 Å². The number of hydrogen-bond acceptors (Lipinski definition) is 5. The Balaban J connectivity index is 1.87. The zero-order valence-corrected chi connectivity index (χ0v) is 12.9. The molecule has 0 aliphatic carbocycles. The quantitative estimate of drug-likeness (QED) is 0.796. The van der Waals surface area contributed by atoms with Gasteiger partial charge in [-0.3, -0.25) is 9.69 Å². The van der Waals surface area contributed by atoms with E-state index in [1.807, 2.05) is 6.20 Å². The molecule has 5 nitrogen and oxygen atoms in total. The molecule has 1 aromatic rings. The number of likely N-dealkylation sites (tertiary alicyclic amines) is 1. The summed E-state index contributed by atoms with van der Waals surface area (Å²) in [5.74, 6) is -0.0727. The van der Waals surface area contributed by atoms with Gasteiger partial charge in [-0.15, -0.1) is 11.3 Å². The van der Waals surface area contributed by atoms with Crippen LogP contribution in [0.15, 0.2) is 6.20 Å². The second-order valence-corrected chi connectivity index (χ2v) is 5.78. The van der Waals surface area contributed by atoms with Gasteiger partial charge in [0.2, 0.25) is 5.91 Å². The van der Waals surface area contributed by atoms with Crippen LogP contribution in [0.4, 0.5) is 5.13 Å². The summed E-state index contributed by atoms with van der Waals surface area (Å²) >= 11 is 2.35. The number of nitrogens with zero attached hydrogens (tertiary/aromatic N) is 2. The molecule has 0 radical (unpaired) electrons. The zero-order valence-electron chi connectivity index (χ0n) is 10.1. The summed E-state index contributed by atoms with van der Waals surface area (Å²) in [5.41, 5.74) is 0.